The fourth-order valence-electron chi connectivity index (χ4n) is 3.87. The summed E-state index contributed by atoms with van der Waals surface area (Å²) in [5.41, 5.74) is 0.176. The Labute approximate surface area is 251 Å². The van der Waals surface area contributed by atoms with Crippen molar-refractivity contribution in [3.63, 3.8) is 0 Å². The zero-order valence-electron chi connectivity index (χ0n) is 27.5. The molecule has 1 aromatic carbocycles. The highest BCUT2D eigenvalue weighted by molar-refractivity contribution is 5.54. The van der Waals surface area contributed by atoms with Gasteiger partial charge in [0.25, 0.3) is 0 Å². The lowest BCUT2D eigenvalue weighted by molar-refractivity contribution is -0.140. The minimum absolute atomic E-state index is 0.104. The molecule has 0 aliphatic carbocycles. The number of halogens is 4. The van der Waals surface area contributed by atoms with Gasteiger partial charge in [-0.25, -0.2) is 4.39 Å². The van der Waals surface area contributed by atoms with Crippen LogP contribution in [0.15, 0.2) is 30.0 Å². The number of hydrogen-bond donors (Lipinski definition) is 2. The largest absolute Gasteiger partial charge is 0.419 e. The van der Waals surface area contributed by atoms with Gasteiger partial charge in [0, 0.05) is 35.3 Å². The number of rotatable bonds is 11. The number of nitrogens with zero attached hydrogens (tertiary/aromatic N) is 2. The fraction of sp³-hybridized carbons (Fsp3) is 0.588. The molecule has 8 heteroatoms. The second-order valence-electron chi connectivity index (χ2n) is 11.1. The minimum Gasteiger partial charge on any atom is -0.388 e. The number of anilines is 1. The molecule has 0 bridgehead atoms. The molecule has 42 heavy (non-hydrogen) atoms. The molecule has 2 rings (SSSR count). The molecule has 1 unspecified atom stereocenters. The van der Waals surface area contributed by atoms with Crippen LogP contribution < -0.4 is 21.1 Å². The molecule has 1 heterocycles. The van der Waals surface area contributed by atoms with Gasteiger partial charge in [0.1, 0.15) is 5.82 Å². The van der Waals surface area contributed by atoms with Crippen molar-refractivity contribution in [2.45, 2.75) is 114 Å². The maximum absolute atomic E-state index is 14.3. The van der Waals surface area contributed by atoms with Crippen molar-refractivity contribution >= 4 is 18.0 Å². The van der Waals surface area contributed by atoms with E-state index in [2.05, 4.69) is 62.4 Å². The Morgan fingerprint density at radius 1 is 1.00 bits per heavy atom. The molecule has 1 atom stereocenters. The summed E-state index contributed by atoms with van der Waals surface area (Å²) in [6.07, 6.45) is 8.81. The molecule has 4 nitrogen and oxygen atoms in total. The van der Waals surface area contributed by atoms with E-state index >= 15 is 0 Å². The number of allylic oxidation sites excluding steroid dienone is 2. The molecule has 0 saturated heterocycles. The maximum atomic E-state index is 14.3. The van der Waals surface area contributed by atoms with Gasteiger partial charge in [0.2, 0.25) is 0 Å². The van der Waals surface area contributed by atoms with E-state index in [1.807, 2.05) is 39.0 Å². The quantitative estimate of drug-likeness (QED) is 0.201. The lowest BCUT2D eigenvalue weighted by Crippen LogP contribution is -2.34. The number of hydrogen-bond acceptors (Lipinski definition) is 4. The second-order valence-corrected chi connectivity index (χ2v) is 11.1. The predicted octanol–water partition coefficient (Wildman–Crippen LogP) is 8.92. The van der Waals surface area contributed by atoms with Crippen LogP contribution in [0.25, 0.3) is 12.2 Å². The molecule has 0 amide bonds. The first kappa shape index (κ1) is 39.1. The number of aromatic nitrogens is 2. The summed E-state index contributed by atoms with van der Waals surface area (Å²) in [6.45, 7) is 18.9. The summed E-state index contributed by atoms with van der Waals surface area (Å²) in [5, 5.41) is 15.8. The third-order valence-corrected chi connectivity index (χ3v) is 6.36. The van der Waals surface area contributed by atoms with Crippen LogP contribution in [0.2, 0.25) is 0 Å². The van der Waals surface area contributed by atoms with Gasteiger partial charge in [0.05, 0.1) is 11.3 Å². The molecule has 2 aromatic rings. The Bertz CT molecular complexity index is 1180. The molecule has 0 saturated carbocycles. The highest BCUT2D eigenvalue weighted by Gasteiger charge is 2.34. The maximum Gasteiger partial charge on any atom is 0.419 e. The zero-order valence-corrected chi connectivity index (χ0v) is 27.5. The van der Waals surface area contributed by atoms with Crippen LogP contribution in [0.4, 0.5) is 23.4 Å². The lowest BCUT2D eigenvalue weighted by Gasteiger charge is -2.13. The number of unbranched alkanes of at least 4 members (excludes halogenated alkanes) is 2. The number of nitrogens with one attached hydrogen (secondary N) is 2. The van der Waals surface area contributed by atoms with Gasteiger partial charge >= 0.3 is 6.18 Å². The van der Waals surface area contributed by atoms with Crippen molar-refractivity contribution in [3.8, 4) is 0 Å². The van der Waals surface area contributed by atoms with E-state index in [1.165, 1.54) is 44.2 Å². The van der Waals surface area contributed by atoms with Gasteiger partial charge in [-0.2, -0.15) is 18.3 Å². The SMILES string of the molecule is C/C=c1/c(C)nnc(NCc2cccc(C(F)(F)F)c2F)/c1=C/C(=C/CC)NC.CC(C)C.CCCCCC(C)CC. The number of benzene rings is 1. The minimum atomic E-state index is -4.75. The van der Waals surface area contributed by atoms with Gasteiger partial charge in [-0.1, -0.05) is 105 Å². The van der Waals surface area contributed by atoms with E-state index in [4.69, 9.17) is 0 Å². The average Bonchev–Trinajstić information content (AvgIpc) is 2.92. The summed E-state index contributed by atoms with van der Waals surface area (Å²) < 4.78 is 53.2. The van der Waals surface area contributed by atoms with Crippen LogP contribution in [0.3, 0.4) is 0 Å². The first-order valence-corrected chi connectivity index (χ1v) is 15.2. The third-order valence-electron chi connectivity index (χ3n) is 6.36. The van der Waals surface area contributed by atoms with Crippen molar-refractivity contribution < 1.29 is 17.6 Å². The summed E-state index contributed by atoms with van der Waals surface area (Å²) in [4.78, 5) is 0. The van der Waals surface area contributed by atoms with E-state index in [-0.39, 0.29) is 12.1 Å². The molecular weight excluding hydrogens is 540 g/mol. The normalized spacial score (nSPS) is 13.3. The summed E-state index contributed by atoms with van der Waals surface area (Å²) >= 11 is 0. The highest BCUT2D eigenvalue weighted by Crippen LogP contribution is 2.32. The van der Waals surface area contributed by atoms with Gasteiger partial charge in [0.15, 0.2) is 5.82 Å². The molecule has 0 fully saturated rings. The van der Waals surface area contributed by atoms with Gasteiger partial charge < -0.3 is 10.6 Å². The average molecular weight is 595 g/mol. The zero-order chi connectivity index (χ0) is 32.3. The Balaban J connectivity index is 0.00000108. The summed E-state index contributed by atoms with van der Waals surface area (Å²) in [7, 11) is 1.79. The molecule has 0 aliphatic rings. The van der Waals surface area contributed by atoms with Crippen LogP contribution in [-0.2, 0) is 12.7 Å². The first-order chi connectivity index (χ1) is 19.8. The summed E-state index contributed by atoms with van der Waals surface area (Å²) in [5.74, 6) is 0.858. The molecule has 238 valence electrons. The van der Waals surface area contributed by atoms with Crippen LogP contribution in [0.1, 0.15) is 111 Å². The van der Waals surface area contributed by atoms with E-state index < -0.39 is 17.6 Å². The van der Waals surface area contributed by atoms with Gasteiger partial charge in [-0.05, 0) is 44.2 Å². The molecule has 0 aliphatic heterocycles. The molecule has 2 N–H and O–H groups in total. The Kier molecular flexibility index (Phi) is 19.5. The Morgan fingerprint density at radius 3 is 2.14 bits per heavy atom. The smallest absolute Gasteiger partial charge is 0.388 e. The lowest BCUT2D eigenvalue weighted by atomic mass is 10.0. The standard InChI is InChI=1S/C21H24F4N4.C9H20.C4H10/c1-5-8-15(26-4)11-17-16(6-2)13(3)28-29-20(17)27-12-14-9-7-10-18(19(14)22)21(23,24)25;1-4-6-7-8-9(3)5-2;1-4(2)3/h6-11,26H,5,12H2,1-4H3,(H,27,29);9H,4-8H2,1-3H3;4H,1-3H3/b15-8-,16-6-,17-11+;;. The molecule has 0 radical (unpaired) electrons. The van der Waals surface area contributed by atoms with Gasteiger partial charge in [-0.3, -0.25) is 0 Å². The van der Waals surface area contributed by atoms with E-state index in [0.29, 0.717) is 11.5 Å². The predicted molar refractivity (Wildman–Crippen MR) is 171 cm³/mol. The van der Waals surface area contributed by atoms with Crippen molar-refractivity contribution in [1.29, 1.82) is 0 Å². The first-order valence-electron chi connectivity index (χ1n) is 15.2. The molecular formula is C34H54F4N4. The fourth-order valence-corrected chi connectivity index (χ4v) is 3.87. The van der Waals surface area contributed by atoms with Crippen molar-refractivity contribution in [2.75, 3.05) is 12.4 Å². The van der Waals surface area contributed by atoms with Crippen LogP contribution in [0.5, 0.6) is 0 Å². The van der Waals surface area contributed by atoms with E-state index in [0.717, 1.165) is 40.5 Å². The van der Waals surface area contributed by atoms with E-state index in [9.17, 15) is 17.6 Å². The highest BCUT2D eigenvalue weighted by atomic mass is 19.4. The van der Waals surface area contributed by atoms with E-state index in [1.54, 1.807) is 7.05 Å². The Morgan fingerprint density at radius 2 is 1.64 bits per heavy atom. The van der Waals surface area contributed by atoms with Crippen molar-refractivity contribution in [3.05, 3.63) is 63.0 Å². The third kappa shape index (κ3) is 14.8. The number of alkyl halides is 3. The molecule has 1 aromatic heterocycles. The Hall–Kier alpha value is -2.90. The second kappa shape index (κ2) is 20.9. The summed E-state index contributed by atoms with van der Waals surface area (Å²) in [6, 6.07) is 3.22. The molecule has 0 spiro atoms. The van der Waals surface area contributed by atoms with Crippen LogP contribution >= 0.6 is 0 Å². The topological polar surface area (TPSA) is 49.8 Å². The van der Waals surface area contributed by atoms with Crippen molar-refractivity contribution in [1.82, 2.24) is 15.5 Å². The van der Waals surface area contributed by atoms with Crippen LogP contribution in [0, 0.1) is 24.6 Å². The monoisotopic (exact) mass is 594 g/mol. The van der Waals surface area contributed by atoms with Gasteiger partial charge in [-0.15, -0.1) is 5.10 Å². The van der Waals surface area contributed by atoms with Crippen molar-refractivity contribution in [2.24, 2.45) is 11.8 Å². The number of aryl methyl sites for hydroxylation is 1. The van der Waals surface area contributed by atoms with Crippen LogP contribution in [-0.4, -0.2) is 17.2 Å².